The van der Waals surface area contributed by atoms with Gasteiger partial charge in [-0.2, -0.15) is 4.68 Å². The standard InChI is InChI=1S/C19H18N4O3/c1-12-8-9-13(2)16(10-12)18(24)14(3)26-19(25)15-6-4-5-7-17(15)23-11-20-21-22-23/h4-11,14H,1-3H3. The minimum atomic E-state index is -0.912. The van der Waals surface area contributed by atoms with E-state index in [2.05, 4.69) is 15.5 Å². The van der Waals surface area contributed by atoms with Crippen LogP contribution < -0.4 is 0 Å². The second kappa shape index (κ2) is 7.26. The Morgan fingerprint density at radius 3 is 2.58 bits per heavy atom. The number of tetrazole rings is 1. The van der Waals surface area contributed by atoms with E-state index in [1.54, 1.807) is 37.3 Å². The summed E-state index contributed by atoms with van der Waals surface area (Å²) in [7, 11) is 0. The minimum absolute atomic E-state index is 0.237. The van der Waals surface area contributed by atoms with E-state index in [1.165, 1.54) is 11.0 Å². The van der Waals surface area contributed by atoms with Gasteiger partial charge in [-0.15, -0.1) is 5.10 Å². The van der Waals surface area contributed by atoms with Crippen LogP contribution in [0.2, 0.25) is 0 Å². The highest BCUT2D eigenvalue weighted by Crippen LogP contribution is 2.18. The number of aryl methyl sites for hydroxylation is 2. The molecule has 7 nitrogen and oxygen atoms in total. The van der Waals surface area contributed by atoms with Crippen molar-refractivity contribution in [3.8, 4) is 5.69 Å². The van der Waals surface area contributed by atoms with Gasteiger partial charge in [-0.1, -0.05) is 29.8 Å². The van der Waals surface area contributed by atoms with Crippen LogP contribution in [0.15, 0.2) is 48.8 Å². The summed E-state index contributed by atoms with van der Waals surface area (Å²) in [5, 5.41) is 10.9. The van der Waals surface area contributed by atoms with Gasteiger partial charge in [0.2, 0.25) is 5.78 Å². The summed E-state index contributed by atoms with van der Waals surface area (Å²) in [5.74, 6) is -0.846. The molecule has 1 aromatic heterocycles. The van der Waals surface area contributed by atoms with Gasteiger partial charge in [0.25, 0.3) is 0 Å². The molecule has 0 saturated carbocycles. The molecule has 0 spiro atoms. The average Bonchev–Trinajstić information content (AvgIpc) is 3.17. The van der Waals surface area contributed by atoms with E-state index in [4.69, 9.17) is 4.74 Å². The fourth-order valence-electron chi connectivity index (χ4n) is 2.62. The first kappa shape index (κ1) is 17.5. The fraction of sp³-hybridized carbons (Fsp3) is 0.211. The molecule has 2 aromatic carbocycles. The first-order valence-electron chi connectivity index (χ1n) is 8.12. The van der Waals surface area contributed by atoms with Crippen LogP contribution in [0.1, 0.15) is 38.8 Å². The number of hydrogen-bond acceptors (Lipinski definition) is 6. The Kier molecular flexibility index (Phi) is 4.88. The van der Waals surface area contributed by atoms with Crippen molar-refractivity contribution in [2.75, 3.05) is 0 Å². The Labute approximate surface area is 150 Å². The van der Waals surface area contributed by atoms with Crippen LogP contribution in [0.5, 0.6) is 0 Å². The van der Waals surface area contributed by atoms with E-state index in [0.717, 1.165) is 11.1 Å². The summed E-state index contributed by atoms with van der Waals surface area (Å²) < 4.78 is 6.78. The lowest BCUT2D eigenvalue weighted by atomic mass is 9.99. The smallest absolute Gasteiger partial charge is 0.341 e. The molecule has 1 heterocycles. The van der Waals surface area contributed by atoms with Crippen molar-refractivity contribution in [3.05, 3.63) is 71.0 Å². The second-order valence-corrected chi connectivity index (χ2v) is 6.00. The van der Waals surface area contributed by atoms with Crippen molar-refractivity contribution in [2.45, 2.75) is 26.9 Å². The lowest BCUT2D eigenvalue weighted by molar-refractivity contribution is 0.0318. The van der Waals surface area contributed by atoms with Crippen LogP contribution in [-0.2, 0) is 4.74 Å². The first-order chi connectivity index (χ1) is 12.5. The number of ketones is 1. The second-order valence-electron chi connectivity index (χ2n) is 6.00. The van der Waals surface area contributed by atoms with Crippen LogP contribution in [0.25, 0.3) is 5.69 Å². The molecule has 132 valence electrons. The maximum Gasteiger partial charge on any atom is 0.341 e. The zero-order valence-corrected chi connectivity index (χ0v) is 14.7. The SMILES string of the molecule is Cc1ccc(C)c(C(=O)C(C)OC(=O)c2ccccc2-n2cnnn2)c1. The topological polar surface area (TPSA) is 87.0 Å². The Bertz CT molecular complexity index is 951. The molecule has 0 aliphatic heterocycles. The van der Waals surface area contributed by atoms with E-state index in [1.807, 2.05) is 26.0 Å². The largest absolute Gasteiger partial charge is 0.451 e. The predicted octanol–water partition coefficient (Wildman–Crippen LogP) is 2.71. The molecule has 0 fully saturated rings. The van der Waals surface area contributed by atoms with E-state index in [0.29, 0.717) is 11.3 Å². The Hall–Kier alpha value is -3.35. The monoisotopic (exact) mass is 350 g/mol. The van der Waals surface area contributed by atoms with Crippen molar-refractivity contribution in [1.29, 1.82) is 0 Å². The summed E-state index contributed by atoms with van der Waals surface area (Å²) in [4.78, 5) is 25.3. The quantitative estimate of drug-likeness (QED) is 0.519. The predicted molar refractivity (Wildman–Crippen MR) is 94.3 cm³/mol. The Morgan fingerprint density at radius 2 is 1.85 bits per heavy atom. The Morgan fingerprint density at radius 1 is 1.08 bits per heavy atom. The lowest BCUT2D eigenvalue weighted by Gasteiger charge is -2.15. The molecule has 0 radical (unpaired) electrons. The number of benzene rings is 2. The van der Waals surface area contributed by atoms with E-state index in [-0.39, 0.29) is 11.3 Å². The maximum absolute atomic E-state index is 12.7. The molecule has 0 aliphatic rings. The molecule has 0 N–H and O–H groups in total. The molecule has 0 bridgehead atoms. The van der Waals surface area contributed by atoms with Gasteiger partial charge in [0.1, 0.15) is 6.33 Å². The number of esters is 1. The number of para-hydroxylation sites is 1. The number of aromatic nitrogens is 4. The summed E-state index contributed by atoms with van der Waals surface area (Å²) in [6, 6.07) is 12.4. The number of rotatable bonds is 5. The average molecular weight is 350 g/mol. The lowest BCUT2D eigenvalue weighted by Crippen LogP contribution is -2.25. The third kappa shape index (κ3) is 3.51. The molecule has 7 heteroatoms. The molecule has 1 unspecified atom stereocenters. The van der Waals surface area contributed by atoms with Crippen molar-refractivity contribution in [1.82, 2.24) is 20.2 Å². The highest BCUT2D eigenvalue weighted by atomic mass is 16.5. The first-order valence-corrected chi connectivity index (χ1v) is 8.12. The van der Waals surface area contributed by atoms with E-state index < -0.39 is 12.1 Å². The number of carbonyl (C=O) groups is 2. The summed E-state index contributed by atoms with van der Waals surface area (Å²) >= 11 is 0. The number of ether oxygens (including phenoxy) is 1. The van der Waals surface area contributed by atoms with Gasteiger partial charge >= 0.3 is 5.97 Å². The molecule has 0 amide bonds. The van der Waals surface area contributed by atoms with Crippen molar-refractivity contribution >= 4 is 11.8 Å². The summed E-state index contributed by atoms with van der Waals surface area (Å²) in [5.41, 5.74) is 3.13. The highest BCUT2D eigenvalue weighted by Gasteiger charge is 2.23. The van der Waals surface area contributed by atoms with Gasteiger partial charge < -0.3 is 4.74 Å². The van der Waals surface area contributed by atoms with Gasteiger partial charge in [0.15, 0.2) is 6.10 Å². The van der Waals surface area contributed by atoms with Crippen LogP contribution in [0.3, 0.4) is 0 Å². The minimum Gasteiger partial charge on any atom is -0.451 e. The van der Waals surface area contributed by atoms with Crippen molar-refractivity contribution in [3.63, 3.8) is 0 Å². The van der Waals surface area contributed by atoms with E-state index in [9.17, 15) is 9.59 Å². The molecule has 1 atom stereocenters. The van der Waals surface area contributed by atoms with Crippen LogP contribution in [0.4, 0.5) is 0 Å². The molecular formula is C19H18N4O3. The number of hydrogen-bond donors (Lipinski definition) is 0. The number of nitrogens with zero attached hydrogens (tertiary/aromatic N) is 4. The van der Waals surface area contributed by atoms with Gasteiger partial charge in [0, 0.05) is 5.56 Å². The van der Waals surface area contributed by atoms with Crippen molar-refractivity contribution < 1.29 is 14.3 Å². The molecule has 3 rings (SSSR count). The number of carbonyl (C=O) groups excluding carboxylic acids is 2. The molecular weight excluding hydrogens is 332 g/mol. The summed E-state index contributed by atoms with van der Waals surface area (Å²) in [6.07, 6.45) is 0.474. The Balaban J connectivity index is 1.82. The zero-order valence-electron chi connectivity index (χ0n) is 14.7. The van der Waals surface area contributed by atoms with Gasteiger partial charge in [-0.3, -0.25) is 4.79 Å². The zero-order chi connectivity index (χ0) is 18.7. The van der Waals surface area contributed by atoms with Gasteiger partial charge in [0.05, 0.1) is 11.3 Å². The van der Waals surface area contributed by atoms with Crippen LogP contribution in [-0.4, -0.2) is 38.1 Å². The number of Topliss-reactive ketones (excluding diaryl/α,β-unsaturated/α-hetero) is 1. The van der Waals surface area contributed by atoms with Crippen LogP contribution >= 0.6 is 0 Å². The fourth-order valence-corrected chi connectivity index (χ4v) is 2.62. The third-order valence-corrected chi connectivity index (χ3v) is 4.03. The normalized spacial score (nSPS) is 11.8. The molecule has 26 heavy (non-hydrogen) atoms. The molecule has 3 aromatic rings. The maximum atomic E-state index is 12.7. The van der Waals surface area contributed by atoms with Gasteiger partial charge in [-0.25, -0.2) is 4.79 Å². The van der Waals surface area contributed by atoms with Crippen molar-refractivity contribution in [2.24, 2.45) is 0 Å². The van der Waals surface area contributed by atoms with E-state index >= 15 is 0 Å². The van der Waals surface area contributed by atoms with Gasteiger partial charge in [-0.05, 0) is 55.0 Å². The van der Waals surface area contributed by atoms with Crippen LogP contribution in [0, 0.1) is 13.8 Å². The third-order valence-electron chi connectivity index (χ3n) is 4.03. The summed E-state index contributed by atoms with van der Waals surface area (Å²) in [6.45, 7) is 5.34. The molecule has 0 aliphatic carbocycles. The highest BCUT2D eigenvalue weighted by molar-refractivity contribution is 6.03. The molecule has 0 saturated heterocycles.